The Bertz CT molecular complexity index is 315. The predicted octanol–water partition coefficient (Wildman–Crippen LogP) is 3.47. The number of benzene rings is 1. The summed E-state index contributed by atoms with van der Waals surface area (Å²) in [6, 6.07) is 6.66. The van der Waals surface area contributed by atoms with Crippen molar-refractivity contribution in [3.8, 4) is 0 Å². The lowest BCUT2D eigenvalue weighted by atomic mass is 9.88. The van der Waals surface area contributed by atoms with Gasteiger partial charge in [0.1, 0.15) is 0 Å². The van der Waals surface area contributed by atoms with Crippen LogP contribution in [-0.2, 0) is 6.42 Å². The summed E-state index contributed by atoms with van der Waals surface area (Å²) in [5.74, 6) is 0.772. The van der Waals surface area contributed by atoms with E-state index in [1.165, 1.54) is 16.7 Å². The molecule has 1 aromatic rings. The van der Waals surface area contributed by atoms with Gasteiger partial charge in [-0.05, 0) is 29.0 Å². The first-order chi connectivity index (χ1) is 7.10. The molecule has 1 N–H and O–H groups in total. The Kier molecular flexibility index (Phi) is 4.34. The fourth-order valence-electron chi connectivity index (χ4n) is 1.90. The summed E-state index contributed by atoms with van der Waals surface area (Å²) >= 11 is 0. The maximum Gasteiger partial charge on any atom is 0.0497 e. The molecule has 0 spiro atoms. The molecule has 1 rings (SSSR count). The zero-order valence-electron chi connectivity index (χ0n) is 10.2. The number of aryl methyl sites for hydroxylation is 1. The van der Waals surface area contributed by atoms with E-state index in [0.29, 0.717) is 5.92 Å². The Balaban J connectivity index is 3.16. The van der Waals surface area contributed by atoms with E-state index in [1.54, 1.807) is 0 Å². The highest BCUT2D eigenvalue weighted by Crippen LogP contribution is 2.27. The maximum absolute atomic E-state index is 9.26. The number of rotatable bonds is 4. The largest absolute Gasteiger partial charge is 0.396 e. The Hall–Kier alpha value is -0.820. The fraction of sp³-hybridized carbons (Fsp3) is 0.571. The molecule has 0 aliphatic rings. The van der Waals surface area contributed by atoms with Gasteiger partial charge in [-0.1, -0.05) is 45.9 Å². The molecule has 1 heteroatoms. The standard InChI is InChI=1S/C14H22O/c1-5-12-6-7-13(10(2)3)14(8-12)11(4)9-15/h6-8,10-11,15H,5,9H2,1-4H3. The average molecular weight is 206 g/mol. The van der Waals surface area contributed by atoms with Gasteiger partial charge in [-0.2, -0.15) is 0 Å². The van der Waals surface area contributed by atoms with E-state index in [2.05, 4.69) is 45.9 Å². The van der Waals surface area contributed by atoms with Crippen molar-refractivity contribution >= 4 is 0 Å². The summed E-state index contributed by atoms with van der Waals surface area (Å²) in [5.41, 5.74) is 4.04. The van der Waals surface area contributed by atoms with Crippen LogP contribution in [0, 0.1) is 0 Å². The molecule has 0 heterocycles. The molecular weight excluding hydrogens is 184 g/mol. The third-order valence-electron chi connectivity index (χ3n) is 2.99. The minimum atomic E-state index is 0.229. The Morgan fingerprint density at radius 2 is 1.80 bits per heavy atom. The molecule has 0 bridgehead atoms. The molecular formula is C14H22O. The van der Waals surface area contributed by atoms with Gasteiger partial charge in [-0.3, -0.25) is 0 Å². The van der Waals surface area contributed by atoms with Crippen molar-refractivity contribution in [2.75, 3.05) is 6.61 Å². The van der Waals surface area contributed by atoms with Crippen LogP contribution in [-0.4, -0.2) is 11.7 Å². The lowest BCUT2D eigenvalue weighted by Gasteiger charge is -2.18. The summed E-state index contributed by atoms with van der Waals surface area (Å²) in [6.45, 7) is 8.88. The van der Waals surface area contributed by atoms with Crippen molar-refractivity contribution in [3.63, 3.8) is 0 Å². The summed E-state index contributed by atoms with van der Waals surface area (Å²) in [6.07, 6.45) is 1.06. The molecule has 0 amide bonds. The van der Waals surface area contributed by atoms with Crippen molar-refractivity contribution in [3.05, 3.63) is 34.9 Å². The number of aliphatic hydroxyl groups is 1. The predicted molar refractivity (Wildman–Crippen MR) is 65.4 cm³/mol. The molecule has 0 saturated heterocycles. The number of hydrogen-bond acceptors (Lipinski definition) is 1. The fourth-order valence-corrected chi connectivity index (χ4v) is 1.90. The average Bonchev–Trinajstić information content (AvgIpc) is 2.26. The number of aliphatic hydroxyl groups excluding tert-OH is 1. The van der Waals surface area contributed by atoms with Crippen LogP contribution in [0.15, 0.2) is 18.2 Å². The molecule has 1 nitrogen and oxygen atoms in total. The highest BCUT2D eigenvalue weighted by atomic mass is 16.3. The number of hydrogen-bond donors (Lipinski definition) is 1. The SMILES string of the molecule is CCc1ccc(C(C)C)c(C(C)CO)c1. The second kappa shape index (κ2) is 5.32. The van der Waals surface area contributed by atoms with E-state index in [0.717, 1.165) is 6.42 Å². The van der Waals surface area contributed by atoms with Gasteiger partial charge in [0.25, 0.3) is 0 Å². The van der Waals surface area contributed by atoms with Gasteiger partial charge >= 0.3 is 0 Å². The third-order valence-corrected chi connectivity index (χ3v) is 2.99. The van der Waals surface area contributed by atoms with Gasteiger partial charge in [-0.25, -0.2) is 0 Å². The van der Waals surface area contributed by atoms with Gasteiger partial charge < -0.3 is 5.11 Å². The summed E-state index contributed by atoms with van der Waals surface area (Å²) in [5, 5.41) is 9.26. The quantitative estimate of drug-likeness (QED) is 0.799. The molecule has 0 aliphatic carbocycles. The van der Waals surface area contributed by atoms with E-state index < -0.39 is 0 Å². The second-order valence-electron chi connectivity index (χ2n) is 4.56. The first kappa shape index (κ1) is 12.3. The Morgan fingerprint density at radius 1 is 1.13 bits per heavy atom. The van der Waals surface area contributed by atoms with E-state index in [1.807, 2.05) is 0 Å². The van der Waals surface area contributed by atoms with Crippen molar-refractivity contribution in [1.82, 2.24) is 0 Å². The Labute approximate surface area is 93.1 Å². The normalized spacial score (nSPS) is 13.2. The minimum Gasteiger partial charge on any atom is -0.396 e. The highest BCUT2D eigenvalue weighted by molar-refractivity contribution is 5.36. The Morgan fingerprint density at radius 3 is 2.27 bits per heavy atom. The van der Waals surface area contributed by atoms with Gasteiger partial charge in [0.05, 0.1) is 0 Å². The molecule has 1 aromatic carbocycles. The first-order valence-corrected chi connectivity index (χ1v) is 5.83. The molecule has 1 atom stereocenters. The van der Waals surface area contributed by atoms with Crippen molar-refractivity contribution < 1.29 is 5.11 Å². The van der Waals surface area contributed by atoms with Crippen LogP contribution in [0.3, 0.4) is 0 Å². The molecule has 1 unspecified atom stereocenters. The van der Waals surface area contributed by atoms with Crippen LogP contribution in [0.5, 0.6) is 0 Å². The lowest BCUT2D eigenvalue weighted by molar-refractivity contribution is 0.272. The maximum atomic E-state index is 9.26. The van der Waals surface area contributed by atoms with Crippen LogP contribution in [0.25, 0.3) is 0 Å². The smallest absolute Gasteiger partial charge is 0.0497 e. The van der Waals surface area contributed by atoms with Crippen LogP contribution in [0.4, 0.5) is 0 Å². The molecule has 0 aliphatic heterocycles. The zero-order chi connectivity index (χ0) is 11.4. The van der Waals surface area contributed by atoms with E-state index in [4.69, 9.17) is 0 Å². The lowest BCUT2D eigenvalue weighted by Crippen LogP contribution is -2.05. The summed E-state index contributed by atoms with van der Waals surface area (Å²) in [7, 11) is 0. The van der Waals surface area contributed by atoms with Crippen molar-refractivity contribution in [2.24, 2.45) is 0 Å². The monoisotopic (exact) mass is 206 g/mol. The molecule has 0 fully saturated rings. The molecule has 0 aromatic heterocycles. The van der Waals surface area contributed by atoms with Crippen LogP contribution < -0.4 is 0 Å². The summed E-state index contributed by atoms with van der Waals surface area (Å²) in [4.78, 5) is 0. The molecule has 0 radical (unpaired) electrons. The van der Waals surface area contributed by atoms with Crippen LogP contribution >= 0.6 is 0 Å². The second-order valence-corrected chi connectivity index (χ2v) is 4.56. The van der Waals surface area contributed by atoms with Gasteiger partial charge in [0, 0.05) is 12.5 Å². The van der Waals surface area contributed by atoms with Crippen LogP contribution in [0.1, 0.15) is 56.2 Å². The van der Waals surface area contributed by atoms with Crippen LogP contribution in [0.2, 0.25) is 0 Å². The highest BCUT2D eigenvalue weighted by Gasteiger charge is 2.12. The zero-order valence-corrected chi connectivity index (χ0v) is 10.2. The van der Waals surface area contributed by atoms with Gasteiger partial charge in [0.2, 0.25) is 0 Å². The van der Waals surface area contributed by atoms with Crippen molar-refractivity contribution in [1.29, 1.82) is 0 Å². The third kappa shape index (κ3) is 2.82. The molecule has 15 heavy (non-hydrogen) atoms. The van der Waals surface area contributed by atoms with Gasteiger partial charge in [-0.15, -0.1) is 0 Å². The minimum absolute atomic E-state index is 0.229. The van der Waals surface area contributed by atoms with E-state index in [9.17, 15) is 5.11 Å². The molecule has 84 valence electrons. The topological polar surface area (TPSA) is 20.2 Å². The van der Waals surface area contributed by atoms with E-state index >= 15 is 0 Å². The van der Waals surface area contributed by atoms with Gasteiger partial charge in [0.15, 0.2) is 0 Å². The summed E-state index contributed by atoms with van der Waals surface area (Å²) < 4.78 is 0. The van der Waals surface area contributed by atoms with E-state index in [-0.39, 0.29) is 12.5 Å². The van der Waals surface area contributed by atoms with Crippen molar-refractivity contribution in [2.45, 2.75) is 46.0 Å². The molecule has 0 saturated carbocycles. The first-order valence-electron chi connectivity index (χ1n) is 5.83.